The Morgan fingerprint density at radius 3 is 2.36 bits per heavy atom. The Labute approximate surface area is 195 Å². The molecule has 0 aromatic heterocycles. The lowest BCUT2D eigenvalue weighted by Crippen LogP contribution is -2.38. The smallest absolute Gasteiger partial charge is 0.407 e. The van der Waals surface area contributed by atoms with Crippen molar-refractivity contribution in [1.29, 1.82) is 0 Å². The van der Waals surface area contributed by atoms with Crippen LogP contribution in [0.25, 0.3) is 0 Å². The van der Waals surface area contributed by atoms with Crippen LogP contribution in [0.15, 0.2) is 39.3 Å². The Morgan fingerprint density at radius 1 is 1.15 bits per heavy atom. The van der Waals surface area contributed by atoms with Crippen LogP contribution in [0.2, 0.25) is 0 Å². The number of nitrogens with one attached hydrogen (secondary N) is 2. The third-order valence-corrected chi connectivity index (χ3v) is 4.38. The van der Waals surface area contributed by atoms with E-state index in [1.54, 1.807) is 27.7 Å². The molecule has 182 valence electrons. The summed E-state index contributed by atoms with van der Waals surface area (Å²) in [7, 11) is 0. The second-order valence-electron chi connectivity index (χ2n) is 8.66. The van der Waals surface area contributed by atoms with Crippen molar-refractivity contribution >= 4 is 30.2 Å². The summed E-state index contributed by atoms with van der Waals surface area (Å²) in [5, 5.41) is 5.34. The van der Waals surface area contributed by atoms with E-state index in [1.807, 2.05) is 20.8 Å². The van der Waals surface area contributed by atoms with Crippen molar-refractivity contribution in [3.05, 3.63) is 35.2 Å². The zero-order valence-electron chi connectivity index (χ0n) is 20.5. The van der Waals surface area contributed by atoms with Gasteiger partial charge in [0.2, 0.25) is 0 Å². The van der Waals surface area contributed by atoms with E-state index in [0.29, 0.717) is 31.0 Å². The number of alkyl carbamates (subject to hydrolysis) is 1. The minimum absolute atomic E-state index is 0.118. The van der Waals surface area contributed by atoms with E-state index >= 15 is 0 Å². The summed E-state index contributed by atoms with van der Waals surface area (Å²) in [6.07, 6.45) is -0.908. The minimum Gasteiger partial charge on any atom is -0.479 e. The summed E-state index contributed by atoms with van der Waals surface area (Å²) >= 11 is 0. The second-order valence-corrected chi connectivity index (χ2v) is 8.66. The molecule has 0 aliphatic carbocycles. The molecule has 2 N–H and O–H groups in total. The molecule has 1 aromatic rings. The molecule has 2 amide bonds. The van der Waals surface area contributed by atoms with Crippen LogP contribution in [0.5, 0.6) is 5.75 Å². The first-order valence-electron chi connectivity index (χ1n) is 10.7. The van der Waals surface area contributed by atoms with Gasteiger partial charge in [0.05, 0.1) is 0 Å². The van der Waals surface area contributed by atoms with Gasteiger partial charge >= 0.3 is 6.09 Å². The van der Waals surface area contributed by atoms with Gasteiger partial charge in [-0.1, -0.05) is 5.57 Å². The molecule has 1 aromatic carbocycles. The van der Waals surface area contributed by atoms with Gasteiger partial charge in [-0.25, -0.2) is 19.2 Å². The number of carbonyl (C=O) groups excluding carboxylic acids is 2. The Hall–Kier alpha value is -3.23. The summed E-state index contributed by atoms with van der Waals surface area (Å²) < 4.78 is 24.7. The molecule has 1 atom stereocenters. The number of hydrogen-bond acceptors (Lipinski definition) is 5. The van der Waals surface area contributed by atoms with E-state index in [9.17, 15) is 14.0 Å². The van der Waals surface area contributed by atoms with Gasteiger partial charge in [0, 0.05) is 19.2 Å². The number of hydrogen-bond donors (Lipinski definition) is 2. The average Bonchev–Trinajstić information content (AvgIpc) is 2.70. The monoisotopic (exact) mass is 462 g/mol. The predicted molar refractivity (Wildman–Crippen MR) is 129 cm³/mol. The Bertz CT molecular complexity index is 916. The van der Waals surface area contributed by atoms with E-state index in [1.165, 1.54) is 18.2 Å². The van der Waals surface area contributed by atoms with Crippen molar-refractivity contribution in [2.45, 2.75) is 66.6 Å². The van der Waals surface area contributed by atoms with E-state index in [0.717, 1.165) is 11.1 Å². The molecule has 8 nitrogen and oxygen atoms in total. The van der Waals surface area contributed by atoms with Crippen molar-refractivity contribution in [1.82, 2.24) is 10.6 Å². The number of benzene rings is 1. The first kappa shape index (κ1) is 27.8. The van der Waals surface area contributed by atoms with Gasteiger partial charge < -0.3 is 20.1 Å². The van der Waals surface area contributed by atoms with Gasteiger partial charge in [-0.3, -0.25) is 4.79 Å². The largest absolute Gasteiger partial charge is 0.479 e. The third-order valence-electron chi connectivity index (χ3n) is 4.38. The SMILES string of the molecule is C=NC(=Nc1ccc(F)cc1OC(C)C(=O)NCCCNC(=O)OC(C)(C)C)C(C)=C(C)C. The van der Waals surface area contributed by atoms with Crippen LogP contribution in [-0.2, 0) is 9.53 Å². The number of amides is 2. The number of carbonyl (C=O) groups is 2. The van der Waals surface area contributed by atoms with Gasteiger partial charge in [-0.05, 0) is 79.3 Å². The molecule has 0 radical (unpaired) electrons. The van der Waals surface area contributed by atoms with E-state index in [-0.39, 0.29) is 11.7 Å². The molecular formula is C24H35FN4O4. The molecule has 0 spiro atoms. The van der Waals surface area contributed by atoms with Gasteiger partial charge in [-0.15, -0.1) is 0 Å². The van der Waals surface area contributed by atoms with Crippen LogP contribution in [-0.4, -0.2) is 49.3 Å². The van der Waals surface area contributed by atoms with Crippen LogP contribution >= 0.6 is 0 Å². The van der Waals surface area contributed by atoms with Crippen molar-refractivity contribution in [3.8, 4) is 5.75 Å². The Morgan fingerprint density at radius 2 is 1.79 bits per heavy atom. The van der Waals surface area contributed by atoms with Gasteiger partial charge in [0.25, 0.3) is 5.91 Å². The number of ether oxygens (including phenoxy) is 2. The van der Waals surface area contributed by atoms with E-state index < -0.39 is 23.6 Å². The summed E-state index contributed by atoms with van der Waals surface area (Å²) in [4.78, 5) is 32.4. The number of allylic oxidation sites excluding steroid dienone is 1. The second kappa shape index (κ2) is 12.7. The summed E-state index contributed by atoms with van der Waals surface area (Å²) in [5.41, 5.74) is 1.61. The number of aliphatic imine (C=N–C) groups is 2. The molecule has 1 unspecified atom stereocenters. The maximum atomic E-state index is 13.8. The lowest BCUT2D eigenvalue weighted by Gasteiger charge is -2.19. The van der Waals surface area contributed by atoms with Crippen LogP contribution in [0.1, 0.15) is 54.9 Å². The van der Waals surface area contributed by atoms with Crippen molar-refractivity contribution in [2.75, 3.05) is 13.1 Å². The third kappa shape index (κ3) is 10.3. The normalized spacial score (nSPS) is 12.4. The molecule has 0 bridgehead atoms. The fraction of sp³-hybridized carbons (Fsp3) is 0.500. The molecule has 33 heavy (non-hydrogen) atoms. The van der Waals surface area contributed by atoms with E-state index in [2.05, 4.69) is 27.3 Å². The number of amidine groups is 1. The highest BCUT2D eigenvalue weighted by molar-refractivity contribution is 6.02. The molecule has 0 saturated carbocycles. The fourth-order valence-electron chi connectivity index (χ4n) is 2.44. The maximum Gasteiger partial charge on any atom is 0.407 e. The average molecular weight is 463 g/mol. The summed E-state index contributed by atoms with van der Waals surface area (Å²) in [6.45, 7) is 16.8. The topological polar surface area (TPSA) is 101 Å². The zero-order chi connectivity index (χ0) is 25.2. The molecule has 0 heterocycles. The highest BCUT2D eigenvalue weighted by Gasteiger charge is 2.18. The number of rotatable bonds is 9. The Balaban J connectivity index is 2.72. The lowest BCUT2D eigenvalue weighted by atomic mass is 10.1. The minimum atomic E-state index is -0.899. The Kier molecular flexibility index (Phi) is 10.7. The van der Waals surface area contributed by atoms with Crippen LogP contribution in [0.3, 0.4) is 0 Å². The van der Waals surface area contributed by atoms with Crippen molar-refractivity contribution in [3.63, 3.8) is 0 Å². The van der Waals surface area contributed by atoms with Gasteiger partial charge in [0.15, 0.2) is 11.9 Å². The first-order valence-corrected chi connectivity index (χ1v) is 10.7. The molecule has 9 heteroatoms. The fourth-order valence-corrected chi connectivity index (χ4v) is 2.44. The zero-order valence-corrected chi connectivity index (χ0v) is 20.5. The number of nitrogens with zero attached hydrogens (tertiary/aromatic N) is 2. The highest BCUT2D eigenvalue weighted by Crippen LogP contribution is 2.30. The summed E-state index contributed by atoms with van der Waals surface area (Å²) in [6, 6.07) is 3.89. The lowest BCUT2D eigenvalue weighted by molar-refractivity contribution is -0.127. The van der Waals surface area contributed by atoms with Crippen molar-refractivity contribution < 1.29 is 23.5 Å². The van der Waals surface area contributed by atoms with Crippen LogP contribution < -0.4 is 15.4 Å². The molecule has 0 aliphatic rings. The molecule has 0 saturated heterocycles. The van der Waals surface area contributed by atoms with Gasteiger partial charge in [-0.2, -0.15) is 0 Å². The van der Waals surface area contributed by atoms with Crippen LogP contribution in [0, 0.1) is 5.82 Å². The molecular weight excluding hydrogens is 427 g/mol. The van der Waals surface area contributed by atoms with Gasteiger partial charge in [0.1, 0.15) is 22.9 Å². The molecule has 1 rings (SSSR count). The summed E-state index contributed by atoms with van der Waals surface area (Å²) in [5.74, 6) is -0.390. The quantitative estimate of drug-likeness (QED) is 0.315. The van der Waals surface area contributed by atoms with Crippen molar-refractivity contribution in [2.24, 2.45) is 9.98 Å². The first-order chi connectivity index (χ1) is 15.3. The molecule has 0 aliphatic heterocycles. The maximum absolute atomic E-state index is 13.8. The van der Waals surface area contributed by atoms with E-state index in [4.69, 9.17) is 9.47 Å². The van der Waals surface area contributed by atoms with Crippen LogP contribution in [0.4, 0.5) is 14.9 Å². The highest BCUT2D eigenvalue weighted by atomic mass is 19.1. The standard InChI is InChI=1S/C24H35FN4O4/c1-15(2)16(3)21(26-8)29-19-11-10-18(25)14-20(19)32-17(4)22(30)27-12-9-13-28-23(31)33-24(5,6)7/h10-11,14,17H,8-9,12-13H2,1-7H3,(H,27,30)(H,28,31). The number of halogens is 1. The predicted octanol–water partition coefficient (Wildman–Crippen LogP) is 4.71. The molecule has 0 fully saturated rings.